The van der Waals surface area contributed by atoms with Gasteiger partial charge in [-0.25, -0.2) is 4.68 Å². The zero-order valence-corrected chi connectivity index (χ0v) is 22.2. The highest BCUT2D eigenvalue weighted by molar-refractivity contribution is 8.26. The summed E-state index contributed by atoms with van der Waals surface area (Å²) in [5.41, 5.74) is 3.58. The normalized spacial score (nSPS) is 15.1. The Bertz CT molecular complexity index is 1210. The van der Waals surface area contributed by atoms with Gasteiger partial charge in [0.1, 0.15) is 10.1 Å². The molecule has 182 valence electrons. The van der Waals surface area contributed by atoms with Gasteiger partial charge in [0.05, 0.1) is 22.9 Å². The fraction of sp³-hybridized carbons (Fsp3) is 0.321. The predicted octanol–water partition coefficient (Wildman–Crippen LogP) is 6.82. The zero-order chi connectivity index (χ0) is 24.9. The highest BCUT2D eigenvalue weighted by Gasteiger charge is 2.32. The van der Waals surface area contributed by atoms with Gasteiger partial charge in [0.15, 0.2) is 0 Å². The van der Waals surface area contributed by atoms with Crippen molar-refractivity contribution < 1.29 is 9.53 Å². The molecule has 3 aromatic rings. The maximum Gasteiger partial charge on any atom is 0.266 e. The molecule has 35 heavy (non-hydrogen) atoms. The van der Waals surface area contributed by atoms with E-state index < -0.39 is 0 Å². The quantitative estimate of drug-likeness (QED) is 0.236. The summed E-state index contributed by atoms with van der Waals surface area (Å²) in [5.74, 6) is 1.75. The third-order valence-corrected chi connectivity index (χ3v) is 6.94. The number of para-hydroxylation sites is 1. The van der Waals surface area contributed by atoms with Gasteiger partial charge < -0.3 is 4.74 Å². The standard InChI is InChI=1S/C28H31N3O2S2/c1-19(2)14-15-33-24-12-10-21(11-13-24)26-22(18-31(29-26)23-8-6-5-7-9-23)16-25-27(32)30(17-20(3)4)28(34)35-25/h5-13,16,18-20H,14-15,17H2,1-4H3. The highest BCUT2D eigenvalue weighted by Crippen LogP contribution is 2.35. The van der Waals surface area contributed by atoms with Crippen LogP contribution in [0.5, 0.6) is 5.75 Å². The maximum atomic E-state index is 13.1. The third kappa shape index (κ3) is 6.21. The van der Waals surface area contributed by atoms with Crippen LogP contribution in [0.2, 0.25) is 0 Å². The molecule has 0 unspecified atom stereocenters. The Morgan fingerprint density at radius 3 is 2.40 bits per heavy atom. The number of aromatic nitrogens is 2. The summed E-state index contributed by atoms with van der Waals surface area (Å²) in [5, 5.41) is 4.88. The minimum absolute atomic E-state index is 0.0407. The minimum atomic E-state index is -0.0407. The van der Waals surface area contributed by atoms with Gasteiger partial charge in [-0.15, -0.1) is 0 Å². The van der Waals surface area contributed by atoms with Crippen LogP contribution in [0.25, 0.3) is 23.0 Å². The number of rotatable bonds is 9. The molecule has 7 heteroatoms. The number of carbonyl (C=O) groups is 1. The van der Waals surface area contributed by atoms with Crippen molar-refractivity contribution in [1.29, 1.82) is 0 Å². The largest absolute Gasteiger partial charge is 0.494 e. The van der Waals surface area contributed by atoms with Crippen molar-refractivity contribution in [1.82, 2.24) is 14.7 Å². The lowest BCUT2D eigenvalue weighted by atomic mass is 10.1. The molecule has 2 aromatic carbocycles. The van der Waals surface area contributed by atoms with Gasteiger partial charge in [-0.1, -0.05) is 69.9 Å². The van der Waals surface area contributed by atoms with Gasteiger partial charge in [-0.2, -0.15) is 5.10 Å². The summed E-state index contributed by atoms with van der Waals surface area (Å²) in [6.45, 7) is 9.86. The van der Waals surface area contributed by atoms with Crippen LogP contribution >= 0.6 is 24.0 Å². The summed E-state index contributed by atoms with van der Waals surface area (Å²) < 4.78 is 8.34. The van der Waals surface area contributed by atoms with Crippen LogP contribution in [0, 0.1) is 11.8 Å². The summed E-state index contributed by atoms with van der Waals surface area (Å²) in [7, 11) is 0. The Hall–Kier alpha value is -2.90. The van der Waals surface area contributed by atoms with Crippen LogP contribution < -0.4 is 4.74 Å². The summed E-state index contributed by atoms with van der Waals surface area (Å²) in [6, 6.07) is 17.9. The average Bonchev–Trinajstić information content (AvgIpc) is 3.36. The molecular formula is C28H31N3O2S2. The molecular weight excluding hydrogens is 474 g/mol. The van der Waals surface area contributed by atoms with E-state index in [1.807, 2.05) is 71.6 Å². The highest BCUT2D eigenvalue weighted by atomic mass is 32.2. The number of ether oxygens (including phenoxy) is 1. The second-order valence-corrected chi connectivity index (χ2v) is 11.1. The summed E-state index contributed by atoms with van der Waals surface area (Å²) in [6.07, 6.45) is 4.89. The molecule has 0 atom stereocenters. The number of benzene rings is 2. The smallest absolute Gasteiger partial charge is 0.266 e. The van der Waals surface area contributed by atoms with Crippen LogP contribution in [0.15, 0.2) is 65.7 Å². The van der Waals surface area contributed by atoms with Gasteiger partial charge >= 0.3 is 0 Å². The molecule has 0 radical (unpaired) electrons. The first-order valence-electron chi connectivity index (χ1n) is 12.0. The van der Waals surface area contributed by atoms with E-state index in [0.717, 1.165) is 34.7 Å². The number of hydrogen-bond donors (Lipinski definition) is 0. The molecule has 0 aliphatic carbocycles. The number of amides is 1. The van der Waals surface area contributed by atoms with Crippen molar-refractivity contribution in [2.75, 3.05) is 13.2 Å². The van der Waals surface area contributed by atoms with Crippen LogP contribution in [0.3, 0.4) is 0 Å². The van der Waals surface area contributed by atoms with E-state index in [-0.39, 0.29) is 5.91 Å². The lowest BCUT2D eigenvalue weighted by molar-refractivity contribution is -0.122. The molecule has 2 heterocycles. The molecule has 0 spiro atoms. The molecule has 1 aromatic heterocycles. The Kier molecular flexibility index (Phi) is 8.08. The Balaban J connectivity index is 1.67. The van der Waals surface area contributed by atoms with E-state index in [2.05, 4.69) is 27.7 Å². The topological polar surface area (TPSA) is 47.4 Å². The van der Waals surface area contributed by atoms with Crippen LogP contribution in [-0.4, -0.2) is 38.1 Å². The van der Waals surface area contributed by atoms with E-state index in [4.69, 9.17) is 22.1 Å². The van der Waals surface area contributed by atoms with Crippen LogP contribution in [0.4, 0.5) is 0 Å². The number of nitrogens with zero attached hydrogens (tertiary/aromatic N) is 3. The Morgan fingerprint density at radius 2 is 1.74 bits per heavy atom. The Labute approximate surface area is 217 Å². The lowest BCUT2D eigenvalue weighted by Gasteiger charge is -2.16. The van der Waals surface area contributed by atoms with Gasteiger partial charge in [-0.05, 0) is 60.7 Å². The van der Waals surface area contributed by atoms with Crippen molar-refractivity contribution >= 4 is 40.3 Å². The van der Waals surface area contributed by atoms with Gasteiger partial charge in [0.25, 0.3) is 5.91 Å². The minimum Gasteiger partial charge on any atom is -0.494 e. The zero-order valence-electron chi connectivity index (χ0n) is 20.6. The number of carbonyl (C=O) groups excluding carboxylic acids is 1. The monoisotopic (exact) mass is 505 g/mol. The van der Waals surface area contributed by atoms with Gasteiger partial charge in [0, 0.05) is 23.9 Å². The van der Waals surface area contributed by atoms with E-state index in [0.29, 0.717) is 34.2 Å². The Morgan fingerprint density at radius 1 is 1.03 bits per heavy atom. The molecule has 0 N–H and O–H groups in total. The van der Waals surface area contributed by atoms with E-state index >= 15 is 0 Å². The van der Waals surface area contributed by atoms with Crippen molar-refractivity contribution in [3.05, 3.63) is 71.3 Å². The fourth-order valence-corrected chi connectivity index (χ4v) is 4.98. The SMILES string of the molecule is CC(C)CCOc1ccc(-c2nn(-c3ccccc3)cc2C=C2SC(=S)N(CC(C)C)C2=O)cc1. The molecule has 1 aliphatic heterocycles. The molecule has 0 bridgehead atoms. The lowest BCUT2D eigenvalue weighted by Crippen LogP contribution is -2.31. The molecule has 4 rings (SSSR count). The molecule has 1 aliphatic rings. The second-order valence-electron chi connectivity index (χ2n) is 9.45. The molecule has 1 saturated heterocycles. The van der Waals surface area contributed by atoms with E-state index in [9.17, 15) is 4.79 Å². The average molecular weight is 506 g/mol. The summed E-state index contributed by atoms with van der Waals surface area (Å²) >= 11 is 6.85. The van der Waals surface area contributed by atoms with Gasteiger partial charge in [-0.3, -0.25) is 9.69 Å². The fourth-order valence-electron chi connectivity index (χ4n) is 3.72. The first-order chi connectivity index (χ1) is 16.8. The van der Waals surface area contributed by atoms with Crippen molar-refractivity contribution in [2.24, 2.45) is 11.8 Å². The first kappa shape index (κ1) is 25.2. The van der Waals surface area contributed by atoms with Crippen molar-refractivity contribution in [2.45, 2.75) is 34.1 Å². The maximum absolute atomic E-state index is 13.1. The number of thioether (sulfide) groups is 1. The molecule has 0 saturated carbocycles. The molecule has 5 nitrogen and oxygen atoms in total. The van der Waals surface area contributed by atoms with Gasteiger partial charge in [0.2, 0.25) is 0 Å². The van der Waals surface area contributed by atoms with Crippen LogP contribution in [0.1, 0.15) is 39.7 Å². The van der Waals surface area contributed by atoms with E-state index in [1.165, 1.54) is 11.8 Å². The first-order valence-corrected chi connectivity index (χ1v) is 13.2. The predicted molar refractivity (Wildman–Crippen MR) is 149 cm³/mol. The second kappa shape index (κ2) is 11.2. The molecule has 1 fully saturated rings. The third-order valence-electron chi connectivity index (χ3n) is 5.56. The van der Waals surface area contributed by atoms with Crippen molar-refractivity contribution in [3.8, 4) is 22.7 Å². The molecule has 1 amide bonds. The number of thiocarbonyl (C=S) groups is 1. The summed E-state index contributed by atoms with van der Waals surface area (Å²) in [4.78, 5) is 15.4. The van der Waals surface area contributed by atoms with Crippen molar-refractivity contribution in [3.63, 3.8) is 0 Å². The van der Waals surface area contributed by atoms with Crippen LogP contribution in [-0.2, 0) is 4.79 Å². The van der Waals surface area contributed by atoms with E-state index in [1.54, 1.807) is 4.90 Å². The number of hydrogen-bond acceptors (Lipinski definition) is 5.